The van der Waals surface area contributed by atoms with Crippen LogP contribution < -0.4 is 0 Å². The SMILES string of the molecule is C[C@@H]1C2=C(CCCC2(C)C)CC[C@]1(C)C#N. The first kappa shape index (κ1) is 11.7. The molecule has 2 aliphatic rings. The number of hydrogen-bond donors (Lipinski definition) is 0. The molecule has 0 aromatic heterocycles. The molecule has 0 fully saturated rings. The van der Waals surface area contributed by atoms with Gasteiger partial charge in [-0.25, -0.2) is 0 Å². The molecule has 0 N–H and O–H groups in total. The average molecular weight is 217 g/mol. The highest BCUT2D eigenvalue weighted by molar-refractivity contribution is 5.32. The molecule has 0 aromatic carbocycles. The minimum absolute atomic E-state index is 0.132. The van der Waals surface area contributed by atoms with Gasteiger partial charge in [-0.05, 0) is 50.4 Å². The lowest BCUT2D eigenvalue weighted by Gasteiger charge is -2.46. The molecule has 0 amide bonds. The second kappa shape index (κ2) is 3.62. The van der Waals surface area contributed by atoms with Gasteiger partial charge in [-0.3, -0.25) is 0 Å². The molecule has 1 nitrogen and oxygen atoms in total. The van der Waals surface area contributed by atoms with Gasteiger partial charge in [0.1, 0.15) is 0 Å². The summed E-state index contributed by atoms with van der Waals surface area (Å²) in [6, 6.07) is 2.57. The molecular formula is C15H23N. The number of nitrogens with zero attached hydrogens (tertiary/aromatic N) is 1. The van der Waals surface area contributed by atoms with Crippen molar-refractivity contribution in [2.45, 2.75) is 59.8 Å². The van der Waals surface area contributed by atoms with Crippen molar-refractivity contribution < 1.29 is 0 Å². The Morgan fingerprint density at radius 1 is 1.19 bits per heavy atom. The van der Waals surface area contributed by atoms with Crippen LogP contribution in [0.3, 0.4) is 0 Å². The molecule has 0 unspecified atom stereocenters. The second-order valence-corrected chi connectivity index (χ2v) is 6.51. The molecule has 0 spiro atoms. The van der Waals surface area contributed by atoms with E-state index in [9.17, 15) is 5.26 Å². The summed E-state index contributed by atoms with van der Waals surface area (Å²) in [6.45, 7) is 9.14. The molecule has 0 radical (unpaired) electrons. The fraction of sp³-hybridized carbons (Fsp3) is 0.800. The topological polar surface area (TPSA) is 23.8 Å². The van der Waals surface area contributed by atoms with Crippen molar-refractivity contribution in [3.05, 3.63) is 11.1 Å². The summed E-state index contributed by atoms with van der Waals surface area (Å²) in [5.74, 6) is 0.441. The van der Waals surface area contributed by atoms with Crippen LogP contribution in [0.15, 0.2) is 11.1 Å². The van der Waals surface area contributed by atoms with Crippen LogP contribution in [-0.4, -0.2) is 0 Å². The molecule has 0 saturated heterocycles. The predicted octanol–water partition coefficient (Wildman–Crippen LogP) is 4.45. The Kier molecular flexibility index (Phi) is 2.65. The van der Waals surface area contributed by atoms with Crippen LogP contribution in [0.25, 0.3) is 0 Å². The fourth-order valence-corrected chi connectivity index (χ4v) is 3.74. The summed E-state index contributed by atoms with van der Waals surface area (Å²) in [6.07, 6.45) is 6.12. The van der Waals surface area contributed by atoms with Crippen molar-refractivity contribution in [3.8, 4) is 6.07 Å². The van der Waals surface area contributed by atoms with E-state index < -0.39 is 0 Å². The molecule has 0 heterocycles. The zero-order chi connectivity index (χ0) is 12.0. The Hall–Kier alpha value is -0.770. The van der Waals surface area contributed by atoms with Gasteiger partial charge in [0.25, 0.3) is 0 Å². The second-order valence-electron chi connectivity index (χ2n) is 6.51. The maximum Gasteiger partial charge on any atom is 0.0693 e. The summed E-state index contributed by atoms with van der Waals surface area (Å²) in [5.41, 5.74) is 3.49. The largest absolute Gasteiger partial charge is 0.198 e. The molecule has 2 rings (SSSR count). The Morgan fingerprint density at radius 3 is 2.50 bits per heavy atom. The van der Waals surface area contributed by atoms with Crippen molar-refractivity contribution in [2.75, 3.05) is 0 Å². The summed E-state index contributed by atoms with van der Waals surface area (Å²) >= 11 is 0. The van der Waals surface area contributed by atoms with Gasteiger partial charge in [0.15, 0.2) is 0 Å². The van der Waals surface area contributed by atoms with Gasteiger partial charge in [-0.1, -0.05) is 31.9 Å². The van der Waals surface area contributed by atoms with Gasteiger partial charge >= 0.3 is 0 Å². The summed E-state index contributed by atoms with van der Waals surface area (Å²) < 4.78 is 0. The smallest absolute Gasteiger partial charge is 0.0693 e. The molecule has 2 atom stereocenters. The first-order valence-corrected chi connectivity index (χ1v) is 6.54. The number of hydrogen-bond acceptors (Lipinski definition) is 1. The average Bonchev–Trinajstić information content (AvgIpc) is 2.23. The highest BCUT2D eigenvalue weighted by atomic mass is 14.5. The van der Waals surface area contributed by atoms with Crippen molar-refractivity contribution >= 4 is 0 Å². The van der Waals surface area contributed by atoms with Crippen molar-refractivity contribution in [1.82, 2.24) is 0 Å². The van der Waals surface area contributed by atoms with Gasteiger partial charge in [0.05, 0.1) is 11.5 Å². The minimum atomic E-state index is -0.132. The van der Waals surface area contributed by atoms with E-state index >= 15 is 0 Å². The molecular weight excluding hydrogens is 194 g/mol. The Labute approximate surface area is 99.5 Å². The molecule has 88 valence electrons. The lowest BCUT2D eigenvalue weighted by molar-refractivity contribution is 0.209. The Morgan fingerprint density at radius 2 is 1.88 bits per heavy atom. The molecule has 16 heavy (non-hydrogen) atoms. The number of nitriles is 1. The molecule has 0 bridgehead atoms. The Bertz CT molecular complexity index is 369. The maximum absolute atomic E-state index is 9.41. The summed E-state index contributed by atoms with van der Waals surface area (Å²) in [4.78, 5) is 0. The summed E-state index contributed by atoms with van der Waals surface area (Å²) in [7, 11) is 0. The quantitative estimate of drug-likeness (QED) is 0.550. The van der Waals surface area contributed by atoms with E-state index in [1.807, 2.05) is 0 Å². The van der Waals surface area contributed by atoms with E-state index in [1.165, 1.54) is 19.3 Å². The summed E-state index contributed by atoms with van der Waals surface area (Å²) in [5, 5.41) is 9.41. The number of allylic oxidation sites excluding steroid dienone is 2. The number of rotatable bonds is 0. The Balaban J connectivity index is 2.45. The standard InChI is InChI=1S/C15H23N/c1-11-13-12(6-5-8-14(13,2)3)7-9-15(11,4)10-16/h11H,5-9H2,1-4H3/t11-,15-/m1/s1. The van der Waals surface area contributed by atoms with Crippen LogP contribution in [0.1, 0.15) is 59.8 Å². The van der Waals surface area contributed by atoms with Crippen LogP contribution in [0.2, 0.25) is 0 Å². The van der Waals surface area contributed by atoms with E-state index in [4.69, 9.17) is 0 Å². The first-order valence-electron chi connectivity index (χ1n) is 6.54. The van der Waals surface area contributed by atoms with Crippen LogP contribution in [0, 0.1) is 28.1 Å². The lowest BCUT2D eigenvalue weighted by atomic mass is 9.57. The third kappa shape index (κ3) is 1.59. The highest BCUT2D eigenvalue weighted by Crippen LogP contribution is 2.54. The molecule has 0 aromatic rings. The van der Waals surface area contributed by atoms with Crippen LogP contribution >= 0.6 is 0 Å². The van der Waals surface area contributed by atoms with Gasteiger partial charge in [0.2, 0.25) is 0 Å². The molecule has 0 saturated carbocycles. The van der Waals surface area contributed by atoms with Crippen LogP contribution in [0.5, 0.6) is 0 Å². The predicted molar refractivity (Wildman–Crippen MR) is 66.8 cm³/mol. The van der Waals surface area contributed by atoms with Gasteiger partial charge in [-0.2, -0.15) is 5.26 Å². The normalized spacial score (nSPS) is 37.8. The van der Waals surface area contributed by atoms with Gasteiger partial charge < -0.3 is 0 Å². The van der Waals surface area contributed by atoms with Crippen LogP contribution in [-0.2, 0) is 0 Å². The lowest BCUT2D eigenvalue weighted by Crippen LogP contribution is -2.37. The molecule has 1 heteroatoms. The van der Waals surface area contributed by atoms with E-state index in [0.717, 1.165) is 12.8 Å². The van der Waals surface area contributed by atoms with Crippen molar-refractivity contribution in [1.29, 1.82) is 5.26 Å². The van der Waals surface area contributed by atoms with E-state index in [1.54, 1.807) is 11.1 Å². The monoisotopic (exact) mass is 217 g/mol. The highest BCUT2D eigenvalue weighted by Gasteiger charge is 2.44. The van der Waals surface area contributed by atoms with E-state index in [0.29, 0.717) is 11.3 Å². The van der Waals surface area contributed by atoms with Crippen LogP contribution in [0.4, 0.5) is 0 Å². The molecule has 0 aliphatic heterocycles. The maximum atomic E-state index is 9.41. The van der Waals surface area contributed by atoms with E-state index in [2.05, 4.69) is 33.8 Å². The van der Waals surface area contributed by atoms with Gasteiger partial charge in [-0.15, -0.1) is 0 Å². The minimum Gasteiger partial charge on any atom is -0.198 e. The van der Waals surface area contributed by atoms with E-state index in [-0.39, 0.29) is 5.41 Å². The fourth-order valence-electron chi connectivity index (χ4n) is 3.74. The van der Waals surface area contributed by atoms with Gasteiger partial charge in [0, 0.05) is 0 Å². The first-order chi connectivity index (χ1) is 7.41. The zero-order valence-corrected chi connectivity index (χ0v) is 11.1. The third-order valence-corrected chi connectivity index (χ3v) is 4.98. The third-order valence-electron chi connectivity index (χ3n) is 4.98. The molecule has 2 aliphatic carbocycles. The zero-order valence-electron chi connectivity index (χ0n) is 11.1. The van der Waals surface area contributed by atoms with Crippen molar-refractivity contribution in [3.63, 3.8) is 0 Å². The van der Waals surface area contributed by atoms with Crippen molar-refractivity contribution in [2.24, 2.45) is 16.7 Å².